The molecule has 0 bridgehead atoms. The average molecular weight is 494 g/mol. The second-order valence-corrected chi connectivity index (χ2v) is 8.27. The van der Waals surface area contributed by atoms with Crippen LogP contribution in [0.3, 0.4) is 0 Å². The van der Waals surface area contributed by atoms with Gasteiger partial charge in [-0.3, -0.25) is 0 Å². The topological polar surface area (TPSA) is 74.7 Å². The van der Waals surface area contributed by atoms with Gasteiger partial charge in [0, 0.05) is 35.0 Å². The van der Waals surface area contributed by atoms with Crippen LogP contribution in [0.2, 0.25) is 0 Å². The Morgan fingerprint density at radius 3 is 2.16 bits per heavy atom. The molecule has 0 saturated heterocycles. The lowest BCUT2D eigenvalue weighted by atomic mass is 10.0. The summed E-state index contributed by atoms with van der Waals surface area (Å²) in [4.78, 5) is 9.34. The maximum absolute atomic E-state index is 5.95. The minimum absolute atomic E-state index is 0.456. The van der Waals surface area contributed by atoms with Crippen molar-refractivity contribution in [2.24, 2.45) is 0 Å². The van der Waals surface area contributed by atoms with Crippen LogP contribution in [0.1, 0.15) is 5.56 Å². The lowest BCUT2D eigenvalue weighted by molar-refractivity contribution is 0.306. The van der Waals surface area contributed by atoms with Crippen molar-refractivity contribution < 1.29 is 18.9 Å². The summed E-state index contributed by atoms with van der Waals surface area (Å²) in [6, 6.07) is 27.9. The van der Waals surface area contributed by atoms with Crippen molar-refractivity contribution in [3.05, 3.63) is 96.7 Å². The van der Waals surface area contributed by atoms with Gasteiger partial charge in [0.15, 0.2) is 11.5 Å². The number of aromatic nitrogens is 2. The molecule has 0 saturated carbocycles. The summed E-state index contributed by atoms with van der Waals surface area (Å²) in [5, 5.41) is 4.20. The van der Waals surface area contributed by atoms with E-state index >= 15 is 0 Å². The monoisotopic (exact) mass is 493 g/mol. The van der Waals surface area contributed by atoms with Crippen LogP contribution in [0.4, 0.5) is 11.6 Å². The third-order valence-electron chi connectivity index (χ3n) is 5.95. The first-order valence-electron chi connectivity index (χ1n) is 11.8. The number of fused-ring (bicyclic) bond motifs is 1. The molecule has 0 aliphatic heterocycles. The van der Waals surface area contributed by atoms with Crippen molar-refractivity contribution in [1.29, 1.82) is 0 Å². The van der Waals surface area contributed by atoms with Crippen LogP contribution < -0.4 is 24.3 Å². The largest absolute Gasteiger partial charge is 0.493 e. The number of hydrogen-bond donors (Lipinski definition) is 1. The van der Waals surface area contributed by atoms with Gasteiger partial charge in [0.1, 0.15) is 12.4 Å². The molecule has 0 radical (unpaired) electrons. The molecule has 1 aromatic heterocycles. The van der Waals surface area contributed by atoms with Gasteiger partial charge in [0.25, 0.3) is 0 Å². The third-order valence-corrected chi connectivity index (χ3v) is 5.95. The SMILES string of the molecule is COc1cc(Nc2ncc3cccc(-c4ccc(OCc5ccccc5)cc4)c3n2)cc(OC)c1OC. The molecule has 0 unspecified atom stereocenters. The summed E-state index contributed by atoms with van der Waals surface area (Å²) in [6.07, 6.45) is 1.81. The van der Waals surface area contributed by atoms with Gasteiger partial charge in [0.2, 0.25) is 11.7 Å². The summed E-state index contributed by atoms with van der Waals surface area (Å²) in [5.74, 6) is 2.87. The standard InChI is InChI=1S/C30H27N3O4/c1-34-26-16-23(17-27(35-2)29(26)36-3)32-30-31-18-22-10-7-11-25(28(22)33-30)21-12-14-24(15-13-21)37-19-20-8-5-4-6-9-20/h4-18H,19H2,1-3H3,(H,31,32,33). The van der Waals surface area contributed by atoms with E-state index in [0.29, 0.717) is 35.5 Å². The first-order chi connectivity index (χ1) is 18.2. The molecule has 37 heavy (non-hydrogen) atoms. The molecule has 0 atom stereocenters. The Balaban J connectivity index is 1.41. The quantitative estimate of drug-likeness (QED) is 0.247. The van der Waals surface area contributed by atoms with Gasteiger partial charge < -0.3 is 24.3 Å². The number of para-hydroxylation sites is 1. The van der Waals surface area contributed by atoms with Crippen LogP contribution >= 0.6 is 0 Å². The average Bonchev–Trinajstić information content (AvgIpc) is 2.96. The first-order valence-corrected chi connectivity index (χ1v) is 11.8. The zero-order valence-electron chi connectivity index (χ0n) is 20.9. The second kappa shape index (κ2) is 10.9. The van der Waals surface area contributed by atoms with Crippen molar-refractivity contribution in [2.45, 2.75) is 6.61 Å². The van der Waals surface area contributed by atoms with Crippen LogP contribution in [-0.4, -0.2) is 31.3 Å². The Bertz CT molecular complexity index is 1480. The molecule has 0 aliphatic carbocycles. The molecule has 0 fully saturated rings. The van der Waals surface area contributed by atoms with E-state index in [2.05, 4.69) is 16.4 Å². The van der Waals surface area contributed by atoms with Crippen LogP contribution in [0, 0.1) is 0 Å². The van der Waals surface area contributed by atoms with E-state index in [4.69, 9.17) is 23.9 Å². The fourth-order valence-corrected chi connectivity index (χ4v) is 4.10. The molecular formula is C30H27N3O4. The zero-order chi connectivity index (χ0) is 25.6. The van der Waals surface area contributed by atoms with Gasteiger partial charge in [-0.15, -0.1) is 0 Å². The predicted molar refractivity (Wildman–Crippen MR) is 145 cm³/mol. The molecule has 7 nitrogen and oxygen atoms in total. The van der Waals surface area contributed by atoms with Crippen LogP contribution in [0.25, 0.3) is 22.0 Å². The molecular weight excluding hydrogens is 466 g/mol. The number of benzene rings is 4. The Labute approximate surface area is 215 Å². The smallest absolute Gasteiger partial charge is 0.227 e. The minimum Gasteiger partial charge on any atom is -0.493 e. The molecule has 1 N–H and O–H groups in total. The van der Waals surface area contributed by atoms with Crippen molar-refractivity contribution in [1.82, 2.24) is 9.97 Å². The van der Waals surface area contributed by atoms with E-state index in [-0.39, 0.29) is 0 Å². The third kappa shape index (κ3) is 5.26. The van der Waals surface area contributed by atoms with Crippen LogP contribution in [0.15, 0.2) is 91.1 Å². The molecule has 5 aromatic rings. The number of nitrogens with one attached hydrogen (secondary N) is 1. The van der Waals surface area contributed by atoms with E-state index in [0.717, 1.165) is 33.3 Å². The number of ether oxygens (including phenoxy) is 4. The van der Waals surface area contributed by atoms with Gasteiger partial charge in [-0.25, -0.2) is 9.97 Å². The van der Waals surface area contributed by atoms with Crippen molar-refractivity contribution in [3.8, 4) is 34.1 Å². The number of rotatable bonds is 9. The molecule has 4 aromatic carbocycles. The van der Waals surface area contributed by atoms with E-state index in [1.165, 1.54) is 0 Å². The lowest BCUT2D eigenvalue weighted by Crippen LogP contribution is -2.00. The summed E-state index contributed by atoms with van der Waals surface area (Å²) in [5.41, 5.74) is 4.72. The Morgan fingerprint density at radius 1 is 0.757 bits per heavy atom. The summed E-state index contributed by atoms with van der Waals surface area (Å²) in [7, 11) is 4.74. The highest BCUT2D eigenvalue weighted by atomic mass is 16.5. The molecule has 0 spiro atoms. The van der Waals surface area contributed by atoms with Gasteiger partial charge in [-0.05, 0) is 23.3 Å². The number of hydrogen-bond acceptors (Lipinski definition) is 7. The minimum atomic E-state index is 0.456. The Hall–Kier alpha value is -4.78. The maximum atomic E-state index is 5.95. The number of methoxy groups -OCH3 is 3. The molecule has 0 amide bonds. The Morgan fingerprint density at radius 2 is 1.49 bits per heavy atom. The van der Waals surface area contributed by atoms with Crippen LogP contribution in [0.5, 0.6) is 23.0 Å². The van der Waals surface area contributed by atoms with Gasteiger partial charge in [0.05, 0.1) is 26.8 Å². The lowest BCUT2D eigenvalue weighted by Gasteiger charge is -2.15. The van der Waals surface area contributed by atoms with Crippen molar-refractivity contribution >= 4 is 22.5 Å². The van der Waals surface area contributed by atoms with E-state index in [1.54, 1.807) is 21.3 Å². The molecule has 0 aliphatic rings. The fourth-order valence-electron chi connectivity index (χ4n) is 4.10. The maximum Gasteiger partial charge on any atom is 0.227 e. The first kappa shape index (κ1) is 23.9. The van der Waals surface area contributed by atoms with Gasteiger partial charge in [-0.1, -0.05) is 60.7 Å². The summed E-state index contributed by atoms with van der Waals surface area (Å²) >= 11 is 0. The Kier molecular flexibility index (Phi) is 7.03. The zero-order valence-corrected chi connectivity index (χ0v) is 20.9. The number of anilines is 2. The summed E-state index contributed by atoms with van der Waals surface area (Å²) < 4.78 is 22.3. The predicted octanol–water partition coefficient (Wildman–Crippen LogP) is 6.65. The number of nitrogens with zero attached hydrogens (tertiary/aromatic N) is 2. The van der Waals surface area contributed by atoms with Crippen molar-refractivity contribution in [3.63, 3.8) is 0 Å². The molecule has 186 valence electrons. The van der Waals surface area contributed by atoms with Crippen LogP contribution in [-0.2, 0) is 6.61 Å². The highest BCUT2D eigenvalue weighted by Crippen LogP contribution is 2.40. The normalized spacial score (nSPS) is 10.7. The van der Waals surface area contributed by atoms with Crippen molar-refractivity contribution in [2.75, 3.05) is 26.6 Å². The van der Waals surface area contributed by atoms with E-state index in [9.17, 15) is 0 Å². The van der Waals surface area contributed by atoms with Gasteiger partial charge >= 0.3 is 0 Å². The highest BCUT2D eigenvalue weighted by molar-refractivity contribution is 5.94. The highest BCUT2D eigenvalue weighted by Gasteiger charge is 2.14. The van der Waals surface area contributed by atoms with E-state index in [1.807, 2.05) is 85.1 Å². The molecule has 5 rings (SSSR count). The second-order valence-electron chi connectivity index (χ2n) is 8.27. The van der Waals surface area contributed by atoms with E-state index < -0.39 is 0 Å². The molecule has 1 heterocycles. The van der Waals surface area contributed by atoms with Gasteiger partial charge in [-0.2, -0.15) is 0 Å². The fraction of sp³-hybridized carbons (Fsp3) is 0.133. The molecule has 7 heteroatoms. The summed E-state index contributed by atoms with van der Waals surface area (Å²) in [6.45, 7) is 0.525.